The highest BCUT2D eigenvalue weighted by Gasteiger charge is 2.32. The Hall–Kier alpha value is -1.81. The average Bonchev–Trinajstić information content (AvgIpc) is 2.95. The molecule has 0 spiro atoms. The van der Waals surface area contributed by atoms with Crippen LogP contribution in [0.25, 0.3) is 0 Å². The maximum Gasteiger partial charge on any atom is 0.573 e. The normalized spacial score (nSPS) is 17.2. The number of nitrogens with one attached hydrogen (secondary N) is 1. The van der Waals surface area contributed by atoms with Crippen molar-refractivity contribution in [2.45, 2.75) is 81.6 Å². The third-order valence-electron chi connectivity index (χ3n) is 5.26. The Morgan fingerprint density at radius 3 is 2.23 bits per heavy atom. The van der Waals surface area contributed by atoms with Crippen LogP contribution in [0.4, 0.5) is 13.2 Å². The molecule has 1 aliphatic carbocycles. The second-order valence-corrected chi connectivity index (χ2v) is 9.29. The Morgan fingerprint density at radius 1 is 1.17 bits per heavy atom. The molecule has 2 rings (SSSR count). The molecule has 1 atom stereocenters. The molecular weight excluding hydrogens is 421 g/mol. The Morgan fingerprint density at radius 2 is 1.73 bits per heavy atom. The average molecular weight is 451 g/mol. The number of likely N-dealkylation sites (N-methyl/N-ethyl adjacent to an activating group) is 1. The number of hydrogen-bond acceptors (Lipinski definition) is 4. The van der Waals surface area contributed by atoms with Crippen molar-refractivity contribution in [3.8, 4) is 5.75 Å². The van der Waals surface area contributed by atoms with Crippen molar-refractivity contribution in [2.75, 3.05) is 7.05 Å². The van der Waals surface area contributed by atoms with Crippen LogP contribution in [0.15, 0.2) is 29.2 Å². The molecule has 10 heteroatoms. The number of halogens is 3. The van der Waals surface area contributed by atoms with E-state index in [-0.39, 0.29) is 16.8 Å². The molecule has 170 valence electrons. The first-order valence-corrected chi connectivity index (χ1v) is 11.7. The molecule has 1 aliphatic rings. The predicted molar refractivity (Wildman–Crippen MR) is 106 cm³/mol. The first-order chi connectivity index (χ1) is 14.0. The van der Waals surface area contributed by atoms with E-state index in [9.17, 15) is 26.4 Å². The fourth-order valence-electron chi connectivity index (χ4n) is 3.67. The van der Waals surface area contributed by atoms with Crippen LogP contribution >= 0.6 is 0 Å². The van der Waals surface area contributed by atoms with Crippen LogP contribution in [0.2, 0.25) is 0 Å². The lowest BCUT2D eigenvalue weighted by atomic mass is 10.1. The summed E-state index contributed by atoms with van der Waals surface area (Å²) in [6.07, 6.45) is 2.20. The van der Waals surface area contributed by atoms with Gasteiger partial charge in [0.25, 0.3) is 0 Å². The second-order valence-electron chi connectivity index (χ2n) is 7.58. The quantitative estimate of drug-likeness (QED) is 0.602. The summed E-state index contributed by atoms with van der Waals surface area (Å²) in [4.78, 5) is 14.4. The molecule has 1 aromatic carbocycles. The van der Waals surface area contributed by atoms with Gasteiger partial charge in [0.05, 0.1) is 4.90 Å². The van der Waals surface area contributed by atoms with E-state index in [4.69, 9.17) is 0 Å². The summed E-state index contributed by atoms with van der Waals surface area (Å²) in [6, 6.07) is 3.05. The van der Waals surface area contributed by atoms with Crippen LogP contribution in [0.3, 0.4) is 0 Å². The van der Waals surface area contributed by atoms with Crippen LogP contribution in [-0.4, -0.2) is 44.7 Å². The number of carbonyl (C=O) groups is 1. The summed E-state index contributed by atoms with van der Waals surface area (Å²) in [5, 5.41) is 0. The molecular formula is C20H29F3N2O4S. The minimum Gasteiger partial charge on any atom is -0.406 e. The van der Waals surface area contributed by atoms with Crippen molar-refractivity contribution in [1.29, 1.82) is 0 Å². The van der Waals surface area contributed by atoms with Crippen molar-refractivity contribution in [2.24, 2.45) is 0 Å². The summed E-state index contributed by atoms with van der Waals surface area (Å²) in [5.41, 5.74) is 0. The van der Waals surface area contributed by atoms with Gasteiger partial charge in [0.15, 0.2) is 0 Å². The first kappa shape index (κ1) is 24.5. The Balaban J connectivity index is 2.12. The van der Waals surface area contributed by atoms with Crippen molar-refractivity contribution < 1.29 is 31.1 Å². The summed E-state index contributed by atoms with van der Waals surface area (Å²) >= 11 is 0. The van der Waals surface area contributed by atoms with Crippen LogP contribution in [0.1, 0.15) is 58.3 Å². The van der Waals surface area contributed by atoms with Gasteiger partial charge in [0, 0.05) is 13.1 Å². The molecule has 0 saturated heterocycles. The van der Waals surface area contributed by atoms with Gasteiger partial charge in [0.1, 0.15) is 11.8 Å². The smallest absolute Gasteiger partial charge is 0.406 e. The van der Waals surface area contributed by atoms with Gasteiger partial charge in [-0.15, -0.1) is 13.2 Å². The molecule has 1 N–H and O–H groups in total. The fraction of sp³-hybridized carbons (Fsp3) is 0.650. The predicted octanol–water partition coefficient (Wildman–Crippen LogP) is 4.21. The number of alkyl halides is 3. The molecule has 30 heavy (non-hydrogen) atoms. The highest BCUT2D eigenvalue weighted by atomic mass is 32.2. The van der Waals surface area contributed by atoms with E-state index in [1.165, 1.54) is 0 Å². The second kappa shape index (κ2) is 10.5. The van der Waals surface area contributed by atoms with Crippen molar-refractivity contribution in [1.82, 2.24) is 9.62 Å². The number of benzene rings is 1. The number of ether oxygens (including phenoxy) is 1. The number of nitrogens with zero attached hydrogens (tertiary/aromatic N) is 1. The zero-order valence-corrected chi connectivity index (χ0v) is 18.1. The molecule has 1 amide bonds. The van der Waals surface area contributed by atoms with Crippen LogP contribution in [-0.2, 0) is 14.8 Å². The van der Waals surface area contributed by atoms with Crippen molar-refractivity contribution in [3.05, 3.63) is 24.3 Å². The molecule has 0 aliphatic heterocycles. The minimum atomic E-state index is -4.86. The zero-order chi connectivity index (χ0) is 22.4. The summed E-state index contributed by atoms with van der Waals surface area (Å²) in [7, 11) is -2.39. The van der Waals surface area contributed by atoms with Gasteiger partial charge in [-0.25, -0.2) is 8.42 Å². The lowest BCUT2D eigenvalue weighted by molar-refractivity contribution is -0.274. The lowest BCUT2D eigenvalue weighted by Crippen LogP contribution is -2.50. The third kappa shape index (κ3) is 7.16. The molecule has 6 nitrogen and oxygen atoms in total. The Labute approximate surface area is 175 Å². The molecule has 1 fully saturated rings. The third-order valence-corrected chi connectivity index (χ3v) is 6.75. The van der Waals surface area contributed by atoms with Crippen molar-refractivity contribution in [3.63, 3.8) is 0 Å². The van der Waals surface area contributed by atoms with E-state index >= 15 is 0 Å². The topological polar surface area (TPSA) is 75.7 Å². The number of carbonyl (C=O) groups excluding carboxylic acids is 1. The fourth-order valence-corrected chi connectivity index (χ4v) is 4.89. The zero-order valence-electron chi connectivity index (χ0n) is 17.2. The Bertz CT molecular complexity index is 789. The SMILES string of the molecule is CCC[C@H](NS(=O)(=O)c1ccc(OC(F)(F)F)cc1)C(=O)N(C)C1CCCCCC1. The number of amides is 1. The van der Waals surface area contributed by atoms with Gasteiger partial charge >= 0.3 is 6.36 Å². The summed E-state index contributed by atoms with van der Waals surface area (Å²) < 4.78 is 68.5. The van der Waals surface area contributed by atoms with Gasteiger partial charge < -0.3 is 9.64 Å². The minimum absolute atomic E-state index is 0.0858. The largest absolute Gasteiger partial charge is 0.573 e. The van der Waals surface area contributed by atoms with E-state index in [1.807, 2.05) is 6.92 Å². The van der Waals surface area contributed by atoms with E-state index < -0.39 is 28.2 Å². The van der Waals surface area contributed by atoms with Gasteiger partial charge in [0.2, 0.25) is 15.9 Å². The number of hydrogen-bond donors (Lipinski definition) is 1. The maximum atomic E-state index is 13.0. The van der Waals surface area contributed by atoms with Gasteiger partial charge in [-0.2, -0.15) is 4.72 Å². The van der Waals surface area contributed by atoms with Gasteiger partial charge in [-0.1, -0.05) is 39.0 Å². The Kier molecular flexibility index (Phi) is 8.54. The number of sulfonamides is 1. The van der Waals surface area contributed by atoms with Crippen molar-refractivity contribution >= 4 is 15.9 Å². The summed E-state index contributed by atoms with van der Waals surface area (Å²) in [6.45, 7) is 1.85. The van der Waals surface area contributed by atoms with E-state index in [2.05, 4.69) is 9.46 Å². The van der Waals surface area contributed by atoms with Gasteiger partial charge in [-0.05, 0) is 43.5 Å². The molecule has 0 unspecified atom stereocenters. The number of rotatable bonds is 8. The molecule has 0 radical (unpaired) electrons. The molecule has 1 saturated carbocycles. The summed E-state index contributed by atoms with van der Waals surface area (Å²) in [5.74, 6) is -0.805. The van der Waals surface area contributed by atoms with E-state index in [1.54, 1.807) is 11.9 Å². The van der Waals surface area contributed by atoms with Gasteiger partial charge in [-0.3, -0.25) is 4.79 Å². The highest BCUT2D eigenvalue weighted by Crippen LogP contribution is 2.25. The monoisotopic (exact) mass is 450 g/mol. The van der Waals surface area contributed by atoms with Crippen LogP contribution in [0, 0.1) is 0 Å². The molecule has 1 aromatic rings. The highest BCUT2D eigenvalue weighted by molar-refractivity contribution is 7.89. The maximum absolute atomic E-state index is 13.0. The molecule has 0 aromatic heterocycles. The van der Waals surface area contributed by atoms with E-state index in [0.29, 0.717) is 12.8 Å². The molecule has 0 bridgehead atoms. The van der Waals surface area contributed by atoms with E-state index in [0.717, 1.165) is 62.8 Å². The van der Waals surface area contributed by atoms with Crippen LogP contribution < -0.4 is 9.46 Å². The standard InChI is InChI=1S/C20H29F3N2O4S/c1-3-8-18(19(26)25(2)15-9-6-4-5-7-10-15)24-30(27,28)17-13-11-16(12-14-17)29-20(21,22)23/h11-15,18,24H,3-10H2,1-2H3/t18-/m0/s1. The lowest BCUT2D eigenvalue weighted by Gasteiger charge is -2.31. The van der Waals surface area contributed by atoms with Crippen LogP contribution in [0.5, 0.6) is 5.75 Å². The molecule has 0 heterocycles. The first-order valence-electron chi connectivity index (χ1n) is 10.2.